The van der Waals surface area contributed by atoms with Crippen LogP contribution in [0.4, 0.5) is 13.2 Å². The summed E-state index contributed by atoms with van der Waals surface area (Å²) in [4.78, 5) is 26.5. The number of hydrogen-bond acceptors (Lipinski definition) is 4. The molecule has 0 aromatic carbocycles. The molecule has 9 fully saturated rings. The first-order valence-corrected chi connectivity index (χ1v) is 15.9. The summed E-state index contributed by atoms with van der Waals surface area (Å²) >= 11 is 0. The molecule has 0 aliphatic heterocycles. The van der Waals surface area contributed by atoms with Crippen molar-refractivity contribution in [3.63, 3.8) is 0 Å². The van der Waals surface area contributed by atoms with Gasteiger partial charge in [0.1, 0.15) is 0 Å². The molecule has 8 bridgehead atoms. The van der Waals surface area contributed by atoms with E-state index in [4.69, 9.17) is 9.47 Å². The van der Waals surface area contributed by atoms with Crippen LogP contribution < -0.4 is 0 Å². The van der Waals surface area contributed by atoms with Gasteiger partial charge in [0.25, 0.3) is 0 Å². The van der Waals surface area contributed by atoms with Gasteiger partial charge in [-0.2, -0.15) is 13.2 Å². The average molecular weight is 551 g/mol. The lowest BCUT2D eigenvalue weighted by Crippen LogP contribution is -2.57. The summed E-state index contributed by atoms with van der Waals surface area (Å²) in [6.07, 6.45) is 8.02. The van der Waals surface area contributed by atoms with Crippen LogP contribution in [0.15, 0.2) is 0 Å². The van der Waals surface area contributed by atoms with Crippen molar-refractivity contribution in [1.29, 1.82) is 0 Å². The predicted octanol–water partition coefficient (Wildman–Crippen LogP) is 7.35. The first kappa shape index (κ1) is 26.6. The Morgan fingerprint density at radius 1 is 0.667 bits per heavy atom. The van der Waals surface area contributed by atoms with E-state index in [0.29, 0.717) is 74.9 Å². The molecule has 9 saturated carbocycles. The van der Waals surface area contributed by atoms with Gasteiger partial charge in [-0.05, 0) is 143 Å². The minimum absolute atomic E-state index is 0.0631. The number of ether oxygens (including phenoxy) is 2. The number of esters is 2. The zero-order valence-corrected chi connectivity index (χ0v) is 23.4. The van der Waals surface area contributed by atoms with Gasteiger partial charge >= 0.3 is 18.1 Å². The van der Waals surface area contributed by atoms with Crippen molar-refractivity contribution in [2.75, 3.05) is 13.2 Å². The standard InChI is InChI=1S/C32H45F3O4/c1-18-23-6-21-7-24(18)13-30(10-21,12-23)28(36)38-16-19-2-4-20(5-3-19)17-39-29(37)31-11-22-8-25(14-31)27(32(33,34)35)26(9-22)15-31/h18-27H,2-17H2,1H3. The smallest absolute Gasteiger partial charge is 0.392 e. The van der Waals surface area contributed by atoms with E-state index < -0.39 is 29.3 Å². The van der Waals surface area contributed by atoms with Crippen LogP contribution >= 0.6 is 0 Å². The highest BCUT2D eigenvalue weighted by Crippen LogP contribution is 2.66. The summed E-state index contributed by atoms with van der Waals surface area (Å²) in [6, 6.07) is 0. The highest BCUT2D eigenvalue weighted by Gasteiger charge is 2.64. The van der Waals surface area contributed by atoms with Crippen molar-refractivity contribution in [3.05, 3.63) is 0 Å². The van der Waals surface area contributed by atoms with Crippen LogP contribution in [-0.2, 0) is 19.1 Å². The van der Waals surface area contributed by atoms with Gasteiger partial charge in [-0.15, -0.1) is 0 Å². The van der Waals surface area contributed by atoms with Crippen molar-refractivity contribution in [2.45, 2.75) is 103 Å². The number of rotatable bonds is 6. The van der Waals surface area contributed by atoms with E-state index in [9.17, 15) is 22.8 Å². The molecule has 9 rings (SSSR count). The Balaban J connectivity index is 0.867. The highest BCUT2D eigenvalue weighted by atomic mass is 19.4. The SMILES string of the molecule is CC1C2CC3CC1CC(C(=O)OCC1CCC(COC(=O)C45CC6CC(C4)C(C(F)(F)F)C(C6)C5)CC1)(C3)C2. The van der Waals surface area contributed by atoms with Gasteiger partial charge in [-0.1, -0.05) is 6.92 Å². The lowest BCUT2D eigenvalue weighted by Gasteiger charge is -2.58. The Bertz CT molecular complexity index is 952. The lowest BCUT2D eigenvalue weighted by molar-refractivity contribution is -0.252. The van der Waals surface area contributed by atoms with E-state index in [1.165, 1.54) is 12.8 Å². The fourth-order valence-corrected chi connectivity index (χ4v) is 11.6. The van der Waals surface area contributed by atoms with Crippen molar-refractivity contribution in [1.82, 2.24) is 0 Å². The van der Waals surface area contributed by atoms with Gasteiger partial charge < -0.3 is 9.47 Å². The zero-order valence-electron chi connectivity index (χ0n) is 23.4. The fourth-order valence-electron chi connectivity index (χ4n) is 11.6. The molecule has 218 valence electrons. The topological polar surface area (TPSA) is 52.6 Å². The van der Waals surface area contributed by atoms with Gasteiger partial charge in [0, 0.05) is 0 Å². The first-order valence-electron chi connectivity index (χ1n) is 15.9. The van der Waals surface area contributed by atoms with Gasteiger partial charge in [0.15, 0.2) is 0 Å². The largest absolute Gasteiger partial charge is 0.465 e. The average Bonchev–Trinajstić information content (AvgIpc) is 2.87. The van der Waals surface area contributed by atoms with E-state index >= 15 is 0 Å². The second-order valence-corrected chi connectivity index (χ2v) is 15.5. The molecule has 7 heteroatoms. The van der Waals surface area contributed by atoms with Crippen LogP contribution in [-0.4, -0.2) is 31.3 Å². The molecule has 4 atom stereocenters. The van der Waals surface area contributed by atoms with Crippen LogP contribution in [0.25, 0.3) is 0 Å². The van der Waals surface area contributed by atoms with E-state index in [1.54, 1.807) is 0 Å². The number of alkyl halides is 3. The minimum Gasteiger partial charge on any atom is -0.465 e. The third-order valence-corrected chi connectivity index (χ3v) is 13.1. The van der Waals surface area contributed by atoms with E-state index in [2.05, 4.69) is 6.92 Å². The maximum atomic E-state index is 13.7. The fraction of sp³-hybridized carbons (Fsp3) is 0.938. The normalized spacial score (nSPS) is 49.7. The van der Waals surface area contributed by atoms with E-state index in [1.807, 2.05) is 0 Å². The molecular weight excluding hydrogens is 505 g/mol. The first-order chi connectivity index (χ1) is 18.5. The Hall–Kier alpha value is -1.27. The summed E-state index contributed by atoms with van der Waals surface area (Å²) in [7, 11) is 0. The molecule has 9 aliphatic rings. The molecule has 4 nitrogen and oxygen atoms in total. The molecule has 0 spiro atoms. The molecule has 39 heavy (non-hydrogen) atoms. The highest BCUT2D eigenvalue weighted by molar-refractivity contribution is 5.78. The monoisotopic (exact) mass is 550 g/mol. The van der Waals surface area contributed by atoms with E-state index in [0.717, 1.165) is 50.9 Å². The summed E-state index contributed by atoms with van der Waals surface area (Å²) in [5.74, 6) is 1.56. The maximum Gasteiger partial charge on any atom is 0.392 e. The molecule has 9 aliphatic carbocycles. The van der Waals surface area contributed by atoms with Gasteiger partial charge in [0.2, 0.25) is 0 Å². The Kier molecular flexibility index (Phi) is 6.40. The molecule has 0 aromatic heterocycles. The minimum atomic E-state index is -4.16. The second kappa shape index (κ2) is 9.37. The third kappa shape index (κ3) is 4.54. The van der Waals surface area contributed by atoms with Gasteiger partial charge in [-0.3, -0.25) is 9.59 Å². The summed E-state index contributed by atoms with van der Waals surface area (Å²) in [5.41, 5.74) is -0.898. The van der Waals surface area contributed by atoms with Crippen molar-refractivity contribution in [2.24, 2.45) is 70.0 Å². The molecule has 0 saturated heterocycles. The van der Waals surface area contributed by atoms with E-state index in [-0.39, 0.29) is 23.3 Å². The molecule has 0 aromatic rings. The molecule has 0 heterocycles. The molecular formula is C32H45F3O4. The van der Waals surface area contributed by atoms with Crippen LogP contribution in [0.2, 0.25) is 0 Å². The maximum absolute atomic E-state index is 13.7. The molecule has 0 N–H and O–H groups in total. The quantitative estimate of drug-likeness (QED) is 0.325. The number of carbonyl (C=O) groups excluding carboxylic acids is 2. The lowest BCUT2D eigenvalue weighted by atomic mass is 9.46. The number of hydrogen-bond donors (Lipinski definition) is 0. The van der Waals surface area contributed by atoms with Crippen molar-refractivity contribution >= 4 is 11.9 Å². The van der Waals surface area contributed by atoms with Gasteiger partial charge in [-0.25, -0.2) is 0 Å². The van der Waals surface area contributed by atoms with Crippen LogP contribution in [0.5, 0.6) is 0 Å². The molecule has 0 amide bonds. The summed E-state index contributed by atoms with van der Waals surface area (Å²) in [6.45, 7) is 3.27. The molecule has 4 unspecified atom stereocenters. The predicted molar refractivity (Wildman–Crippen MR) is 138 cm³/mol. The number of carbonyl (C=O) groups is 2. The Labute approximate surface area is 230 Å². The van der Waals surface area contributed by atoms with Crippen molar-refractivity contribution < 1.29 is 32.2 Å². The third-order valence-electron chi connectivity index (χ3n) is 13.1. The van der Waals surface area contributed by atoms with Crippen LogP contribution in [0.3, 0.4) is 0 Å². The Morgan fingerprint density at radius 3 is 1.46 bits per heavy atom. The Morgan fingerprint density at radius 2 is 1.05 bits per heavy atom. The summed E-state index contributed by atoms with van der Waals surface area (Å²) in [5, 5.41) is 0. The van der Waals surface area contributed by atoms with Gasteiger partial charge in [0.05, 0.1) is 30.0 Å². The van der Waals surface area contributed by atoms with Crippen LogP contribution in [0.1, 0.15) is 96.8 Å². The molecule has 0 radical (unpaired) electrons. The number of halogens is 3. The zero-order chi connectivity index (χ0) is 27.2. The van der Waals surface area contributed by atoms with Crippen molar-refractivity contribution in [3.8, 4) is 0 Å². The summed E-state index contributed by atoms with van der Waals surface area (Å²) < 4.78 is 52.9. The second-order valence-electron chi connectivity index (χ2n) is 15.5. The van der Waals surface area contributed by atoms with Crippen LogP contribution in [0, 0.1) is 70.0 Å².